The van der Waals surface area contributed by atoms with Gasteiger partial charge >= 0.3 is 0 Å². The summed E-state index contributed by atoms with van der Waals surface area (Å²) in [5, 5.41) is 12.5. The fourth-order valence-corrected chi connectivity index (χ4v) is 1.78. The van der Waals surface area contributed by atoms with Gasteiger partial charge in [-0.05, 0) is 43.0 Å². The molecule has 0 bridgehead atoms. The molecule has 0 heterocycles. The van der Waals surface area contributed by atoms with E-state index in [0.717, 1.165) is 11.3 Å². The fourth-order valence-electron chi connectivity index (χ4n) is 1.78. The van der Waals surface area contributed by atoms with Crippen LogP contribution < -0.4 is 10.1 Å². The number of carbonyl (C=O) groups excluding carboxylic acids is 1. The van der Waals surface area contributed by atoms with E-state index >= 15 is 0 Å². The van der Waals surface area contributed by atoms with Crippen LogP contribution in [0.2, 0.25) is 0 Å². The molecule has 0 aliphatic rings. The highest BCUT2D eigenvalue weighted by Gasteiger charge is 2.12. The quantitative estimate of drug-likeness (QED) is 0.828. The van der Waals surface area contributed by atoms with Crippen LogP contribution in [0.1, 0.15) is 36.2 Å². The van der Waals surface area contributed by atoms with Crippen molar-refractivity contribution < 1.29 is 14.6 Å². The van der Waals surface area contributed by atoms with Gasteiger partial charge in [0, 0.05) is 12.1 Å². The molecule has 0 aromatic heterocycles. The number of benzene rings is 1. The lowest BCUT2D eigenvalue weighted by Gasteiger charge is -2.15. The highest BCUT2D eigenvalue weighted by atomic mass is 16.5. The zero-order valence-electron chi connectivity index (χ0n) is 12.1. The SMILES string of the molecule is COc1ccc(C(=O)NCCC(O)C(C)C)c(C)c1. The minimum atomic E-state index is -0.378. The molecule has 0 fully saturated rings. The van der Waals surface area contributed by atoms with E-state index in [2.05, 4.69) is 5.32 Å². The largest absolute Gasteiger partial charge is 0.497 e. The lowest BCUT2D eigenvalue weighted by Crippen LogP contribution is -2.29. The van der Waals surface area contributed by atoms with Crippen molar-refractivity contribution in [1.82, 2.24) is 5.32 Å². The maximum atomic E-state index is 12.0. The zero-order valence-corrected chi connectivity index (χ0v) is 12.1. The number of nitrogens with one attached hydrogen (secondary N) is 1. The first-order valence-corrected chi connectivity index (χ1v) is 6.56. The Bertz CT molecular complexity index is 429. The van der Waals surface area contributed by atoms with Gasteiger partial charge in [-0.2, -0.15) is 0 Å². The van der Waals surface area contributed by atoms with Gasteiger partial charge in [-0.15, -0.1) is 0 Å². The van der Waals surface area contributed by atoms with Gasteiger partial charge in [0.15, 0.2) is 0 Å². The van der Waals surface area contributed by atoms with Crippen LogP contribution in [0.3, 0.4) is 0 Å². The molecular formula is C15H23NO3. The lowest BCUT2D eigenvalue weighted by atomic mass is 10.0. The van der Waals surface area contributed by atoms with E-state index in [0.29, 0.717) is 18.5 Å². The van der Waals surface area contributed by atoms with Crippen molar-refractivity contribution >= 4 is 5.91 Å². The first-order valence-electron chi connectivity index (χ1n) is 6.56. The Hall–Kier alpha value is -1.55. The molecule has 0 saturated heterocycles. The van der Waals surface area contributed by atoms with Gasteiger partial charge in [0.1, 0.15) is 5.75 Å². The van der Waals surface area contributed by atoms with Crippen molar-refractivity contribution in [3.8, 4) is 5.75 Å². The van der Waals surface area contributed by atoms with Crippen LogP contribution >= 0.6 is 0 Å². The molecule has 4 nitrogen and oxygen atoms in total. The molecule has 106 valence electrons. The molecule has 4 heteroatoms. The van der Waals surface area contributed by atoms with E-state index in [9.17, 15) is 9.90 Å². The molecule has 1 amide bonds. The summed E-state index contributed by atoms with van der Waals surface area (Å²) in [4.78, 5) is 12.0. The van der Waals surface area contributed by atoms with Crippen molar-refractivity contribution in [2.45, 2.75) is 33.3 Å². The Balaban J connectivity index is 2.54. The number of aliphatic hydroxyl groups excluding tert-OH is 1. The standard InChI is InChI=1S/C15H23NO3/c1-10(2)14(17)7-8-16-15(18)13-6-5-12(19-4)9-11(13)3/h5-6,9-10,14,17H,7-8H2,1-4H3,(H,16,18). The number of carbonyl (C=O) groups is 1. The number of methoxy groups -OCH3 is 1. The van der Waals surface area contributed by atoms with Crippen LogP contribution in [0.5, 0.6) is 5.75 Å². The highest BCUT2D eigenvalue weighted by Crippen LogP contribution is 2.16. The second-order valence-electron chi connectivity index (χ2n) is 5.04. The number of aryl methyl sites for hydroxylation is 1. The average Bonchev–Trinajstić information content (AvgIpc) is 2.37. The molecule has 2 N–H and O–H groups in total. The van der Waals surface area contributed by atoms with Crippen molar-refractivity contribution in [2.75, 3.05) is 13.7 Å². The molecule has 1 aromatic rings. The Kier molecular flexibility index (Phi) is 5.83. The van der Waals surface area contributed by atoms with Crippen molar-refractivity contribution in [3.63, 3.8) is 0 Å². The third-order valence-corrected chi connectivity index (χ3v) is 3.17. The summed E-state index contributed by atoms with van der Waals surface area (Å²) in [5.74, 6) is 0.833. The molecule has 0 aliphatic carbocycles. The zero-order chi connectivity index (χ0) is 14.4. The smallest absolute Gasteiger partial charge is 0.251 e. The topological polar surface area (TPSA) is 58.6 Å². The molecule has 1 aromatic carbocycles. The number of hydrogen-bond donors (Lipinski definition) is 2. The summed E-state index contributed by atoms with van der Waals surface area (Å²) in [6.07, 6.45) is 0.191. The number of aliphatic hydroxyl groups is 1. The number of rotatable bonds is 6. The van der Waals surface area contributed by atoms with Crippen LogP contribution in [0.15, 0.2) is 18.2 Å². The predicted molar refractivity (Wildman–Crippen MR) is 75.5 cm³/mol. The Morgan fingerprint density at radius 3 is 2.63 bits per heavy atom. The molecule has 0 aliphatic heterocycles. The van der Waals surface area contributed by atoms with Crippen LogP contribution in [-0.4, -0.2) is 30.8 Å². The van der Waals surface area contributed by atoms with E-state index in [4.69, 9.17) is 4.74 Å². The van der Waals surface area contributed by atoms with Gasteiger partial charge < -0.3 is 15.2 Å². The monoisotopic (exact) mass is 265 g/mol. The number of hydrogen-bond acceptors (Lipinski definition) is 3. The van der Waals surface area contributed by atoms with Gasteiger partial charge in [0.05, 0.1) is 13.2 Å². The van der Waals surface area contributed by atoms with Crippen LogP contribution in [0.25, 0.3) is 0 Å². The maximum Gasteiger partial charge on any atom is 0.251 e. The maximum absolute atomic E-state index is 12.0. The predicted octanol–water partition coefficient (Wildman–Crippen LogP) is 2.14. The Morgan fingerprint density at radius 2 is 2.11 bits per heavy atom. The Morgan fingerprint density at radius 1 is 1.42 bits per heavy atom. The van der Waals surface area contributed by atoms with Gasteiger partial charge in [0.25, 0.3) is 5.91 Å². The summed E-state index contributed by atoms with van der Waals surface area (Å²) in [5.41, 5.74) is 1.51. The summed E-state index contributed by atoms with van der Waals surface area (Å²) in [6, 6.07) is 5.35. The van der Waals surface area contributed by atoms with Crippen molar-refractivity contribution in [2.24, 2.45) is 5.92 Å². The van der Waals surface area contributed by atoms with E-state index < -0.39 is 0 Å². The Labute approximate surface area is 114 Å². The van der Waals surface area contributed by atoms with Crippen LogP contribution in [-0.2, 0) is 0 Å². The van der Waals surface area contributed by atoms with Gasteiger partial charge in [-0.1, -0.05) is 13.8 Å². The molecular weight excluding hydrogens is 242 g/mol. The fraction of sp³-hybridized carbons (Fsp3) is 0.533. The molecule has 19 heavy (non-hydrogen) atoms. The molecule has 0 saturated carbocycles. The van der Waals surface area contributed by atoms with E-state index in [1.54, 1.807) is 19.2 Å². The molecule has 1 unspecified atom stereocenters. The summed E-state index contributed by atoms with van der Waals surface area (Å²) >= 11 is 0. The van der Waals surface area contributed by atoms with Gasteiger partial charge in [-0.25, -0.2) is 0 Å². The molecule has 0 radical (unpaired) electrons. The van der Waals surface area contributed by atoms with Crippen molar-refractivity contribution in [3.05, 3.63) is 29.3 Å². The first kappa shape index (κ1) is 15.5. The van der Waals surface area contributed by atoms with E-state index in [1.165, 1.54) is 0 Å². The molecule has 1 atom stereocenters. The second-order valence-corrected chi connectivity index (χ2v) is 5.04. The highest BCUT2D eigenvalue weighted by molar-refractivity contribution is 5.95. The minimum Gasteiger partial charge on any atom is -0.497 e. The van der Waals surface area contributed by atoms with Crippen LogP contribution in [0.4, 0.5) is 0 Å². The number of ether oxygens (including phenoxy) is 1. The second kappa shape index (κ2) is 7.14. The molecule has 0 spiro atoms. The first-order chi connectivity index (χ1) is 8.95. The average molecular weight is 265 g/mol. The van der Waals surface area contributed by atoms with Crippen molar-refractivity contribution in [1.29, 1.82) is 0 Å². The summed E-state index contributed by atoms with van der Waals surface area (Å²) in [7, 11) is 1.60. The molecule has 1 rings (SSSR count). The van der Waals surface area contributed by atoms with E-state index in [-0.39, 0.29) is 17.9 Å². The third kappa shape index (κ3) is 4.56. The summed E-state index contributed by atoms with van der Waals surface area (Å²) in [6.45, 7) is 6.27. The number of amides is 1. The minimum absolute atomic E-state index is 0.115. The summed E-state index contributed by atoms with van der Waals surface area (Å²) < 4.78 is 5.10. The van der Waals surface area contributed by atoms with Gasteiger partial charge in [-0.3, -0.25) is 4.79 Å². The van der Waals surface area contributed by atoms with Crippen LogP contribution in [0, 0.1) is 12.8 Å². The van der Waals surface area contributed by atoms with E-state index in [1.807, 2.05) is 26.8 Å². The lowest BCUT2D eigenvalue weighted by molar-refractivity contribution is 0.0919. The van der Waals surface area contributed by atoms with Gasteiger partial charge in [0.2, 0.25) is 0 Å². The third-order valence-electron chi connectivity index (χ3n) is 3.17. The normalized spacial score (nSPS) is 12.3.